The third-order valence-electron chi connectivity index (χ3n) is 3.18. The van der Waals surface area contributed by atoms with Gasteiger partial charge in [-0.15, -0.1) is 11.8 Å². The molecule has 3 heteroatoms. The molecule has 0 saturated carbocycles. The Hall–Kier alpha value is -0.930. The van der Waals surface area contributed by atoms with Crippen LogP contribution in [0.25, 0.3) is 0 Å². The molecule has 1 aromatic rings. The fraction of sp³-hybridized carbons (Fsp3) is 0.500. The van der Waals surface area contributed by atoms with Crippen molar-refractivity contribution in [1.82, 2.24) is 5.32 Å². The topological polar surface area (TPSA) is 21.3 Å². The number of hydrogen-bond acceptors (Lipinski definition) is 3. The van der Waals surface area contributed by atoms with Crippen molar-refractivity contribution in [3.8, 4) is 0 Å². The van der Waals surface area contributed by atoms with Crippen molar-refractivity contribution >= 4 is 11.8 Å². The Morgan fingerprint density at radius 1 is 1.26 bits per heavy atom. The Morgan fingerprint density at radius 3 is 2.63 bits per heavy atom. The normalized spacial score (nSPS) is 16.6. The molecule has 0 aromatic heterocycles. The number of allylic oxidation sites excluding steroid dienone is 1. The molecule has 1 aliphatic rings. The van der Waals surface area contributed by atoms with Crippen LogP contribution in [-0.4, -0.2) is 18.9 Å². The van der Waals surface area contributed by atoms with E-state index in [1.807, 2.05) is 11.8 Å². The van der Waals surface area contributed by atoms with Crippen molar-refractivity contribution < 1.29 is 4.74 Å². The third kappa shape index (κ3) is 4.02. The minimum absolute atomic E-state index is 0.200. The van der Waals surface area contributed by atoms with Gasteiger partial charge in [0.2, 0.25) is 0 Å². The minimum Gasteiger partial charge on any atom is -0.496 e. The van der Waals surface area contributed by atoms with Crippen LogP contribution in [0.2, 0.25) is 0 Å². The van der Waals surface area contributed by atoms with Gasteiger partial charge in [-0.05, 0) is 48.9 Å². The molecule has 0 radical (unpaired) electrons. The predicted octanol–water partition coefficient (Wildman–Crippen LogP) is 4.14. The first-order valence-electron chi connectivity index (χ1n) is 7.14. The van der Waals surface area contributed by atoms with E-state index in [2.05, 4.69) is 49.5 Å². The molecule has 0 fully saturated rings. The van der Waals surface area contributed by atoms with Crippen LogP contribution >= 0.6 is 11.8 Å². The van der Waals surface area contributed by atoms with Gasteiger partial charge in [0.25, 0.3) is 0 Å². The van der Waals surface area contributed by atoms with E-state index in [4.69, 9.17) is 4.74 Å². The van der Waals surface area contributed by atoms with Gasteiger partial charge in [0.1, 0.15) is 5.76 Å². The fourth-order valence-corrected chi connectivity index (χ4v) is 2.95. The van der Waals surface area contributed by atoms with Gasteiger partial charge in [0, 0.05) is 4.90 Å². The molecule has 1 aliphatic heterocycles. The van der Waals surface area contributed by atoms with E-state index in [-0.39, 0.29) is 6.04 Å². The Kier molecular flexibility index (Phi) is 5.80. The first kappa shape index (κ1) is 14.5. The highest BCUT2D eigenvalue weighted by Gasteiger charge is 2.18. The van der Waals surface area contributed by atoms with Crippen LogP contribution in [0.5, 0.6) is 0 Å². The first-order valence-corrected chi connectivity index (χ1v) is 8.12. The number of rotatable bonds is 6. The van der Waals surface area contributed by atoms with Crippen molar-refractivity contribution in [2.75, 3.05) is 18.9 Å². The second kappa shape index (κ2) is 7.61. The molecule has 2 rings (SSSR count). The van der Waals surface area contributed by atoms with Crippen LogP contribution in [-0.2, 0) is 4.74 Å². The lowest BCUT2D eigenvalue weighted by Gasteiger charge is -2.25. The number of ether oxygens (including phenoxy) is 1. The lowest BCUT2D eigenvalue weighted by atomic mass is 10.0. The first-order chi connectivity index (χ1) is 9.35. The molecule has 0 bridgehead atoms. The molecule has 0 saturated heterocycles. The predicted molar refractivity (Wildman–Crippen MR) is 82.5 cm³/mol. The van der Waals surface area contributed by atoms with E-state index in [0.29, 0.717) is 0 Å². The summed E-state index contributed by atoms with van der Waals surface area (Å²) in [7, 11) is 0. The van der Waals surface area contributed by atoms with Crippen molar-refractivity contribution in [2.45, 2.75) is 37.6 Å². The molecule has 0 amide bonds. The average Bonchev–Trinajstić information content (AvgIpc) is 2.47. The monoisotopic (exact) mass is 277 g/mol. The number of benzene rings is 1. The summed E-state index contributed by atoms with van der Waals surface area (Å²) in [5, 5.41) is 3.52. The van der Waals surface area contributed by atoms with Crippen LogP contribution < -0.4 is 5.32 Å². The SMILES string of the molecule is CCNC(C1=CCCCO1)c1ccc(SCC)cc1. The van der Waals surface area contributed by atoms with Crippen LogP contribution in [0.3, 0.4) is 0 Å². The smallest absolute Gasteiger partial charge is 0.113 e. The van der Waals surface area contributed by atoms with Crippen LogP contribution in [0, 0.1) is 0 Å². The number of nitrogens with one attached hydrogen (secondary N) is 1. The molecular weight excluding hydrogens is 254 g/mol. The standard InChI is InChI=1S/C16H23NOS/c1-3-17-16(15-7-5-6-12-18-15)13-8-10-14(11-9-13)19-4-2/h7-11,16-17H,3-6,12H2,1-2H3. The molecule has 104 valence electrons. The Bertz CT molecular complexity index is 413. The van der Waals surface area contributed by atoms with Gasteiger partial charge >= 0.3 is 0 Å². The van der Waals surface area contributed by atoms with Crippen LogP contribution in [0.1, 0.15) is 38.3 Å². The summed E-state index contributed by atoms with van der Waals surface area (Å²) in [6.45, 7) is 6.10. The number of hydrogen-bond donors (Lipinski definition) is 1. The molecule has 1 heterocycles. The zero-order valence-electron chi connectivity index (χ0n) is 11.8. The summed E-state index contributed by atoms with van der Waals surface area (Å²) in [5.74, 6) is 2.20. The zero-order chi connectivity index (χ0) is 13.5. The van der Waals surface area contributed by atoms with Crippen molar-refractivity contribution in [3.05, 3.63) is 41.7 Å². The molecule has 1 N–H and O–H groups in total. The molecule has 1 aromatic carbocycles. The van der Waals surface area contributed by atoms with E-state index < -0.39 is 0 Å². The lowest BCUT2D eigenvalue weighted by molar-refractivity contribution is 0.168. The summed E-state index contributed by atoms with van der Waals surface area (Å²) in [4.78, 5) is 1.33. The summed E-state index contributed by atoms with van der Waals surface area (Å²) >= 11 is 1.88. The molecule has 0 spiro atoms. The maximum Gasteiger partial charge on any atom is 0.113 e. The van der Waals surface area contributed by atoms with Gasteiger partial charge in [0.05, 0.1) is 12.6 Å². The van der Waals surface area contributed by atoms with Gasteiger partial charge < -0.3 is 10.1 Å². The second-order valence-electron chi connectivity index (χ2n) is 4.59. The highest BCUT2D eigenvalue weighted by atomic mass is 32.2. The average molecular weight is 277 g/mol. The molecule has 2 nitrogen and oxygen atoms in total. The summed E-state index contributed by atoms with van der Waals surface area (Å²) in [6, 6.07) is 9.04. The molecule has 19 heavy (non-hydrogen) atoms. The van der Waals surface area contributed by atoms with E-state index in [1.54, 1.807) is 0 Å². The third-order valence-corrected chi connectivity index (χ3v) is 4.07. The quantitative estimate of drug-likeness (QED) is 0.790. The van der Waals surface area contributed by atoms with Crippen molar-refractivity contribution in [2.24, 2.45) is 0 Å². The zero-order valence-corrected chi connectivity index (χ0v) is 12.6. The number of likely N-dealkylation sites (N-methyl/N-ethyl adjacent to an activating group) is 1. The van der Waals surface area contributed by atoms with E-state index >= 15 is 0 Å². The Balaban J connectivity index is 2.15. The van der Waals surface area contributed by atoms with Crippen molar-refractivity contribution in [3.63, 3.8) is 0 Å². The van der Waals surface area contributed by atoms with Gasteiger partial charge in [-0.1, -0.05) is 26.0 Å². The lowest BCUT2D eigenvalue weighted by Crippen LogP contribution is -2.25. The van der Waals surface area contributed by atoms with Gasteiger partial charge in [-0.3, -0.25) is 0 Å². The summed E-state index contributed by atoms with van der Waals surface area (Å²) < 4.78 is 5.82. The molecule has 1 unspecified atom stereocenters. The van der Waals surface area contributed by atoms with Gasteiger partial charge in [0.15, 0.2) is 0 Å². The highest BCUT2D eigenvalue weighted by molar-refractivity contribution is 7.99. The van der Waals surface area contributed by atoms with Crippen molar-refractivity contribution in [1.29, 1.82) is 0 Å². The summed E-state index contributed by atoms with van der Waals surface area (Å²) in [6.07, 6.45) is 4.49. The van der Waals surface area contributed by atoms with Gasteiger partial charge in [-0.2, -0.15) is 0 Å². The Labute approximate surface area is 120 Å². The fourth-order valence-electron chi connectivity index (χ4n) is 2.29. The van der Waals surface area contributed by atoms with E-state index in [0.717, 1.165) is 37.5 Å². The van der Waals surface area contributed by atoms with E-state index in [1.165, 1.54) is 10.5 Å². The maximum absolute atomic E-state index is 5.82. The summed E-state index contributed by atoms with van der Waals surface area (Å²) in [5.41, 5.74) is 1.29. The second-order valence-corrected chi connectivity index (χ2v) is 5.93. The highest BCUT2D eigenvalue weighted by Crippen LogP contribution is 2.28. The molecule has 1 atom stereocenters. The molecular formula is C16H23NOS. The van der Waals surface area contributed by atoms with Crippen LogP contribution in [0.4, 0.5) is 0 Å². The number of thioether (sulfide) groups is 1. The largest absolute Gasteiger partial charge is 0.496 e. The van der Waals surface area contributed by atoms with Crippen LogP contribution in [0.15, 0.2) is 41.0 Å². The molecule has 0 aliphatic carbocycles. The van der Waals surface area contributed by atoms with Gasteiger partial charge in [-0.25, -0.2) is 0 Å². The maximum atomic E-state index is 5.82. The minimum atomic E-state index is 0.200. The van der Waals surface area contributed by atoms with E-state index in [9.17, 15) is 0 Å². The Morgan fingerprint density at radius 2 is 2.05 bits per heavy atom.